The van der Waals surface area contributed by atoms with Crippen molar-refractivity contribution in [2.75, 3.05) is 24.3 Å². The lowest BCUT2D eigenvalue weighted by Crippen LogP contribution is -2.54. The second kappa shape index (κ2) is 11.6. The number of nitrogens with one attached hydrogen (secondary N) is 4. The Morgan fingerprint density at radius 2 is 2.03 bits per heavy atom. The molecule has 32 heavy (non-hydrogen) atoms. The van der Waals surface area contributed by atoms with Gasteiger partial charge in [0.1, 0.15) is 5.84 Å². The van der Waals surface area contributed by atoms with Crippen LogP contribution in [-0.4, -0.2) is 55.8 Å². The molecule has 8 heteroatoms. The minimum atomic E-state index is -0.640. The highest BCUT2D eigenvalue weighted by atomic mass is 16.5. The summed E-state index contributed by atoms with van der Waals surface area (Å²) in [6.45, 7) is 6.40. The Morgan fingerprint density at radius 1 is 1.28 bits per heavy atom. The molecule has 0 radical (unpaired) electrons. The van der Waals surface area contributed by atoms with Crippen LogP contribution in [0.15, 0.2) is 23.2 Å². The number of methoxy groups -OCH3 is 1. The Balaban J connectivity index is 1.76. The summed E-state index contributed by atoms with van der Waals surface area (Å²) in [6.07, 6.45) is 6.81. The number of benzene rings is 1. The second-order valence-corrected chi connectivity index (χ2v) is 9.07. The van der Waals surface area contributed by atoms with E-state index in [0.29, 0.717) is 18.4 Å². The predicted molar refractivity (Wildman–Crippen MR) is 131 cm³/mol. The summed E-state index contributed by atoms with van der Waals surface area (Å²) in [7, 11) is 1.74. The lowest BCUT2D eigenvalue weighted by molar-refractivity contribution is -0.121. The number of amides is 1. The number of fused-ring (bicyclic) bond motifs is 1. The minimum absolute atomic E-state index is 0.0761. The molecule has 6 N–H and O–H groups in total. The van der Waals surface area contributed by atoms with Gasteiger partial charge in [-0.25, -0.2) is 0 Å². The van der Waals surface area contributed by atoms with Crippen LogP contribution in [0.5, 0.6) is 0 Å². The average molecular weight is 445 g/mol. The van der Waals surface area contributed by atoms with E-state index in [0.717, 1.165) is 23.4 Å². The van der Waals surface area contributed by atoms with Gasteiger partial charge in [0.15, 0.2) is 6.04 Å². The van der Waals surface area contributed by atoms with Gasteiger partial charge >= 0.3 is 0 Å². The number of nitrogens with two attached hydrogens (primary N) is 1. The van der Waals surface area contributed by atoms with E-state index in [1.165, 1.54) is 32.1 Å². The number of carbonyl (C=O) groups excluding carboxylic acids is 1. The van der Waals surface area contributed by atoms with Gasteiger partial charge in [-0.1, -0.05) is 32.3 Å². The summed E-state index contributed by atoms with van der Waals surface area (Å²) in [5.74, 6) is 0.369. The SMILES string of the molecule is CC[C@@H](NC1CCCCC1)[C@H](CN=C1Nc2ccc(C)cc2NC1C(=O)NC(C)N)OC. The van der Waals surface area contributed by atoms with Crippen LogP contribution >= 0.6 is 0 Å². The lowest BCUT2D eigenvalue weighted by Gasteiger charge is -2.33. The highest BCUT2D eigenvalue weighted by Gasteiger charge is 2.31. The zero-order chi connectivity index (χ0) is 23.1. The van der Waals surface area contributed by atoms with Crippen molar-refractivity contribution in [2.24, 2.45) is 10.7 Å². The summed E-state index contributed by atoms with van der Waals surface area (Å²) >= 11 is 0. The molecule has 0 saturated heterocycles. The zero-order valence-electron chi connectivity index (χ0n) is 19.9. The Bertz CT molecular complexity index is 791. The van der Waals surface area contributed by atoms with E-state index in [9.17, 15) is 4.79 Å². The normalized spacial score (nSPS) is 22.9. The van der Waals surface area contributed by atoms with Crippen molar-refractivity contribution in [3.05, 3.63) is 23.8 Å². The molecule has 0 spiro atoms. The van der Waals surface area contributed by atoms with Crippen LogP contribution in [-0.2, 0) is 9.53 Å². The number of rotatable bonds is 9. The number of amidine groups is 1. The molecule has 0 aromatic heterocycles. The quantitative estimate of drug-likeness (QED) is 0.374. The third-order valence-electron chi connectivity index (χ3n) is 6.33. The Kier molecular flexibility index (Phi) is 8.90. The first-order valence-electron chi connectivity index (χ1n) is 11.9. The van der Waals surface area contributed by atoms with Gasteiger partial charge in [-0.05, 0) is 50.8 Å². The summed E-state index contributed by atoms with van der Waals surface area (Å²) in [5, 5.41) is 13.3. The molecule has 2 unspecified atom stereocenters. The predicted octanol–water partition coefficient (Wildman–Crippen LogP) is 2.74. The monoisotopic (exact) mass is 444 g/mol. The molecular formula is C24H40N6O2. The number of nitrogens with zero attached hydrogens (tertiary/aromatic N) is 1. The van der Waals surface area contributed by atoms with Crippen molar-refractivity contribution in [3.8, 4) is 0 Å². The molecular weight excluding hydrogens is 404 g/mol. The van der Waals surface area contributed by atoms with Gasteiger partial charge in [0.2, 0.25) is 0 Å². The highest BCUT2D eigenvalue weighted by molar-refractivity contribution is 6.18. The van der Waals surface area contributed by atoms with Crippen LogP contribution in [0.4, 0.5) is 11.4 Å². The van der Waals surface area contributed by atoms with Crippen LogP contribution in [0.2, 0.25) is 0 Å². The van der Waals surface area contributed by atoms with Crippen molar-refractivity contribution < 1.29 is 9.53 Å². The van der Waals surface area contributed by atoms with Crippen LogP contribution in [0.25, 0.3) is 0 Å². The molecule has 1 aromatic carbocycles. The van der Waals surface area contributed by atoms with Gasteiger partial charge in [-0.3, -0.25) is 9.79 Å². The highest BCUT2D eigenvalue weighted by Crippen LogP contribution is 2.28. The smallest absolute Gasteiger partial charge is 0.251 e. The maximum atomic E-state index is 12.9. The molecule has 8 nitrogen and oxygen atoms in total. The number of aryl methyl sites for hydroxylation is 1. The van der Waals surface area contributed by atoms with Crippen LogP contribution in [0.3, 0.4) is 0 Å². The number of hydrogen-bond acceptors (Lipinski definition) is 6. The van der Waals surface area contributed by atoms with Crippen LogP contribution < -0.4 is 27.0 Å². The van der Waals surface area contributed by atoms with Gasteiger partial charge in [-0.2, -0.15) is 0 Å². The number of aliphatic imine (C=N–C) groups is 1. The fourth-order valence-electron chi connectivity index (χ4n) is 4.56. The number of anilines is 2. The Morgan fingerprint density at radius 3 is 2.69 bits per heavy atom. The van der Waals surface area contributed by atoms with Crippen molar-refractivity contribution in [1.29, 1.82) is 0 Å². The average Bonchev–Trinajstić information content (AvgIpc) is 2.78. The zero-order valence-corrected chi connectivity index (χ0v) is 19.9. The second-order valence-electron chi connectivity index (χ2n) is 9.07. The Labute approximate surface area is 192 Å². The van der Waals surface area contributed by atoms with E-state index in [1.807, 2.05) is 25.1 Å². The van der Waals surface area contributed by atoms with Crippen molar-refractivity contribution in [2.45, 2.75) is 89.7 Å². The maximum absolute atomic E-state index is 12.9. The van der Waals surface area contributed by atoms with Gasteiger partial charge in [0.25, 0.3) is 5.91 Å². The molecule has 0 bridgehead atoms. The van der Waals surface area contributed by atoms with Crippen LogP contribution in [0, 0.1) is 6.92 Å². The van der Waals surface area contributed by atoms with Gasteiger partial charge in [0, 0.05) is 19.2 Å². The molecule has 1 aliphatic heterocycles. The molecule has 178 valence electrons. The van der Waals surface area contributed by atoms with Crippen molar-refractivity contribution >= 4 is 23.1 Å². The van der Waals surface area contributed by atoms with E-state index in [-0.39, 0.29) is 18.1 Å². The van der Waals surface area contributed by atoms with Crippen molar-refractivity contribution in [3.63, 3.8) is 0 Å². The molecule has 2 aliphatic rings. The van der Waals surface area contributed by atoms with Crippen molar-refractivity contribution in [1.82, 2.24) is 10.6 Å². The first-order valence-corrected chi connectivity index (χ1v) is 11.9. The first kappa shape index (κ1) is 24.5. The summed E-state index contributed by atoms with van der Waals surface area (Å²) in [5.41, 5.74) is 8.70. The summed E-state index contributed by atoms with van der Waals surface area (Å²) in [4.78, 5) is 17.7. The van der Waals surface area contributed by atoms with E-state index in [4.69, 9.17) is 15.5 Å². The van der Waals surface area contributed by atoms with E-state index in [1.54, 1.807) is 14.0 Å². The summed E-state index contributed by atoms with van der Waals surface area (Å²) < 4.78 is 5.84. The molecule has 1 amide bonds. The van der Waals surface area contributed by atoms with E-state index in [2.05, 4.69) is 28.2 Å². The molecule has 1 saturated carbocycles. The van der Waals surface area contributed by atoms with E-state index < -0.39 is 12.2 Å². The van der Waals surface area contributed by atoms with Gasteiger partial charge in [-0.15, -0.1) is 0 Å². The third-order valence-corrected chi connectivity index (χ3v) is 6.33. The number of hydrogen-bond donors (Lipinski definition) is 5. The standard InChI is InChI=1S/C24H40N6O2/c1-5-18(28-17-9-7-6-8-10-17)21(32-4)14-26-23-22(24(31)27-16(3)25)29-20-13-15(2)11-12-19(20)30-23/h11-13,16-18,21-22,28-29H,5-10,14,25H2,1-4H3,(H,26,30)(H,27,31)/t16?,18-,21+,22?/m1/s1. The lowest BCUT2D eigenvalue weighted by atomic mass is 9.94. The maximum Gasteiger partial charge on any atom is 0.251 e. The van der Waals surface area contributed by atoms with E-state index >= 15 is 0 Å². The van der Waals surface area contributed by atoms with Gasteiger partial charge < -0.3 is 31.7 Å². The first-order chi connectivity index (χ1) is 15.4. The fourth-order valence-corrected chi connectivity index (χ4v) is 4.56. The third kappa shape index (κ3) is 6.43. The topological polar surface area (TPSA) is 113 Å². The molecule has 3 rings (SSSR count). The van der Waals surface area contributed by atoms with Crippen LogP contribution in [0.1, 0.15) is 57.9 Å². The molecule has 4 atom stereocenters. The fraction of sp³-hybridized carbons (Fsp3) is 0.667. The summed E-state index contributed by atoms with van der Waals surface area (Å²) in [6, 6.07) is 6.18. The Hall–Kier alpha value is -2.16. The minimum Gasteiger partial charge on any atom is -0.378 e. The molecule has 1 fully saturated rings. The molecule has 1 aromatic rings. The molecule has 1 heterocycles. The largest absolute Gasteiger partial charge is 0.378 e. The van der Waals surface area contributed by atoms with Gasteiger partial charge in [0.05, 0.1) is 30.2 Å². The molecule has 1 aliphatic carbocycles. The number of carbonyl (C=O) groups is 1. The number of ether oxygens (including phenoxy) is 1.